The summed E-state index contributed by atoms with van der Waals surface area (Å²) in [5.74, 6) is -0.151. The fourth-order valence-electron chi connectivity index (χ4n) is 1.58. The third-order valence-electron chi connectivity index (χ3n) is 2.30. The highest BCUT2D eigenvalue weighted by atomic mass is 16.5. The highest BCUT2D eigenvalue weighted by Gasteiger charge is 2.35. The van der Waals surface area contributed by atoms with Gasteiger partial charge in [-0.1, -0.05) is 13.8 Å². The summed E-state index contributed by atoms with van der Waals surface area (Å²) in [6.07, 6.45) is -0.536. The molecular weight excluding hydrogens is 208 g/mol. The Morgan fingerprint density at radius 2 is 2.00 bits per heavy atom. The van der Waals surface area contributed by atoms with Gasteiger partial charge in [0.1, 0.15) is 6.10 Å². The molecule has 0 bridgehead atoms. The average molecular weight is 232 g/mol. The van der Waals surface area contributed by atoms with E-state index in [9.17, 15) is 4.79 Å². The molecule has 0 saturated heterocycles. The molecule has 2 atom stereocenters. The van der Waals surface area contributed by atoms with Gasteiger partial charge in [-0.3, -0.25) is 4.79 Å². The van der Waals surface area contributed by atoms with Crippen LogP contribution < -0.4 is 11.1 Å². The minimum absolute atomic E-state index is 0.0630. The highest BCUT2D eigenvalue weighted by molar-refractivity contribution is 5.81. The van der Waals surface area contributed by atoms with Crippen LogP contribution in [-0.2, 0) is 14.3 Å². The summed E-state index contributed by atoms with van der Waals surface area (Å²) in [6.45, 7) is 6.59. The molecule has 0 aliphatic rings. The van der Waals surface area contributed by atoms with Crippen molar-refractivity contribution in [2.75, 3.05) is 27.4 Å². The average Bonchev–Trinajstić information content (AvgIpc) is 2.15. The van der Waals surface area contributed by atoms with E-state index in [0.717, 1.165) is 0 Å². The van der Waals surface area contributed by atoms with E-state index in [1.54, 1.807) is 7.11 Å². The van der Waals surface area contributed by atoms with Gasteiger partial charge >= 0.3 is 0 Å². The van der Waals surface area contributed by atoms with E-state index >= 15 is 0 Å². The first-order valence-corrected chi connectivity index (χ1v) is 5.40. The molecule has 3 N–H and O–H groups in total. The van der Waals surface area contributed by atoms with Gasteiger partial charge in [0.05, 0.1) is 6.61 Å². The van der Waals surface area contributed by atoms with Crippen LogP contribution in [0.2, 0.25) is 0 Å². The lowest BCUT2D eigenvalue weighted by Gasteiger charge is -2.31. The number of carbonyl (C=O) groups excluding carboxylic acids is 1. The van der Waals surface area contributed by atoms with E-state index in [1.807, 2.05) is 20.8 Å². The molecule has 0 fully saturated rings. The molecule has 5 heteroatoms. The first-order chi connectivity index (χ1) is 7.35. The van der Waals surface area contributed by atoms with Gasteiger partial charge < -0.3 is 20.5 Å². The fraction of sp³-hybridized carbons (Fsp3) is 0.909. The molecule has 0 spiro atoms. The van der Waals surface area contributed by atoms with Gasteiger partial charge in [-0.25, -0.2) is 0 Å². The maximum Gasteiger partial charge on any atom is 0.249 e. The number of methoxy groups -OCH3 is 2. The summed E-state index contributed by atoms with van der Waals surface area (Å²) in [7, 11) is 3.13. The van der Waals surface area contributed by atoms with Crippen molar-refractivity contribution >= 4 is 5.91 Å². The molecule has 0 aromatic rings. The van der Waals surface area contributed by atoms with E-state index in [-0.39, 0.29) is 17.4 Å². The normalized spacial score (nSPS) is 15.6. The van der Waals surface area contributed by atoms with Crippen molar-refractivity contribution in [3.63, 3.8) is 0 Å². The number of amides is 1. The Bertz CT molecular complexity index is 217. The molecular formula is C11H24N2O3. The summed E-state index contributed by atoms with van der Waals surface area (Å²) in [5, 5.41) is 2.75. The number of rotatable bonds is 7. The second-order valence-electron chi connectivity index (χ2n) is 4.76. The first-order valence-electron chi connectivity index (χ1n) is 5.40. The monoisotopic (exact) mass is 232 g/mol. The van der Waals surface area contributed by atoms with Crippen molar-refractivity contribution < 1.29 is 14.3 Å². The second-order valence-corrected chi connectivity index (χ2v) is 4.76. The number of nitrogens with one attached hydrogen (secondary N) is 1. The van der Waals surface area contributed by atoms with Crippen molar-refractivity contribution in [3.8, 4) is 0 Å². The number of carbonyl (C=O) groups is 1. The zero-order chi connectivity index (χ0) is 12.8. The lowest BCUT2D eigenvalue weighted by atomic mass is 9.86. The fourth-order valence-corrected chi connectivity index (χ4v) is 1.58. The number of nitrogens with two attached hydrogens (primary N) is 1. The van der Waals surface area contributed by atoms with Crippen LogP contribution in [0.5, 0.6) is 0 Å². The molecule has 5 nitrogen and oxygen atoms in total. The minimum Gasteiger partial charge on any atom is -0.384 e. The lowest BCUT2D eigenvalue weighted by Crippen LogP contribution is -2.49. The number of hydrogen-bond acceptors (Lipinski definition) is 4. The maximum atomic E-state index is 11.9. The highest BCUT2D eigenvalue weighted by Crippen LogP contribution is 2.23. The Morgan fingerprint density at radius 3 is 2.38 bits per heavy atom. The Morgan fingerprint density at radius 1 is 1.44 bits per heavy atom. The molecule has 0 aromatic carbocycles. The Labute approximate surface area is 97.7 Å². The third kappa shape index (κ3) is 4.92. The molecule has 0 aromatic heterocycles. The number of ether oxygens (including phenoxy) is 2. The van der Waals surface area contributed by atoms with Gasteiger partial charge in [-0.05, 0) is 6.92 Å². The predicted octanol–water partition coefficient (Wildman–Crippen LogP) is 0.137. The quantitative estimate of drug-likeness (QED) is 0.654. The lowest BCUT2D eigenvalue weighted by molar-refractivity contribution is -0.140. The number of hydrogen-bond donors (Lipinski definition) is 2. The van der Waals surface area contributed by atoms with Crippen LogP contribution in [0.1, 0.15) is 20.8 Å². The molecule has 0 heterocycles. The van der Waals surface area contributed by atoms with Crippen molar-refractivity contribution in [1.82, 2.24) is 5.32 Å². The van der Waals surface area contributed by atoms with E-state index in [2.05, 4.69) is 5.32 Å². The Hall–Kier alpha value is -0.650. The molecule has 1 unspecified atom stereocenters. The van der Waals surface area contributed by atoms with Gasteiger partial charge in [0.25, 0.3) is 0 Å². The largest absolute Gasteiger partial charge is 0.384 e. The molecule has 0 rings (SSSR count). The van der Waals surface area contributed by atoms with Crippen LogP contribution in [0.15, 0.2) is 0 Å². The van der Waals surface area contributed by atoms with Crippen LogP contribution >= 0.6 is 0 Å². The molecule has 1 amide bonds. The third-order valence-corrected chi connectivity index (χ3v) is 2.30. The van der Waals surface area contributed by atoms with Gasteiger partial charge in [0.2, 0.25) is 5.91 Å². The van der Waals surface area contributed by atoms with Crippen molar-refractivity contribution in [2.45, 2.75) is 32.9 Å². The minimum atomic E-state index is -0.536. The SMILES string of the molecule is COCC(C)(C)C(OC)C(=O)NC[C@@H](C)N. The van der Waals surface area contributed by atoms with E-state index in [4.69, 9.17) is 15.2 Å². The molecule has 0 saturated carbocycles. The van der Waals surface area contributed by atoms with Crippen LogP contribution in [-0.4, -0.2) is 45.4 Å². The summed E-state index contributed by atoms with van der Waals surface area (Å²) >= 11 is 0. The Balaban J connectivity index is 4.41. The predicted molar refractivity (Wildman–Crippen MR) is 63.1 cm³/mol. The maximum absolute atomic E-state index is 11.9. The zero-order valence-corrected chi connectivity index (χ0v) is 10.9. The summed E-state index contributed by atoms with van der Waals surface area (Å²) in [5.41, 5.74) is 5.20. The first kappa shape index (κ1) is 15.3. The van der Waals surface area contributed by atoms with E-state index in [0.29, 0.717) is 13.2 Å². The van der Waals surface area contributed by atoms with Crippen molar-refractivity contribution in [1.29, 1.82) is 0 Å². The molecule has 96 valence electrons. The smallest absolute Gasteiger partial charge is 0.249 e. The van der Waals surface area contributed by atoms with Crippen LogP contribution in [0, 0.1) is 5.41 Å². The molecule has 0 aliphatic carbocycles. The molecule has 0 radical (unpaired) electrons. The summed E-state index contributed by atoms with van der Waals surface area (Å²) < 4.78 is 10.3. The molecule has 16 heavy (non-hydrogen) atoms. The second kappa shape index (κ2) is 6.83. The summed E-state index contributed by atoms with van der Waals surface area (Å²) in [4.78, 5) is 11.9. The van der Waals surface area contributed by atoms with Crippen molar-refractivity contribution in [2.24, 2.45) is 11.1 Å². The van der Waals surface area contributed by atoms with Crippen LogP contribution in [0.3, 0.4) is 0 Å². The van der Waals surface area contributed by atoms with Gasteiger partial charge in [-0.2, -0.15) is 0 Å². The molecule has 0 aliphatic heterocycles. The van der Waals surface area contributed by atoms with E-state index in [1.165, 1.54) is 7.11 Å². The zero-order valence-electron chi connectivity index (χ0n) is 10.9. The van der Waals surface area contributed by atoms with E-state index < -0.39 is 6.10 Å². The summed E-state index contributed by atoms with van der Waals surface area (Å²) in [6, 6.07) is -0.0630. The van der Waals surface area contributed by atoms with Crippen LogP contribution in [0.25, 0.3) is 0 Å². The van der Waals surface area contributed by atoms with Gasteiger partial charge in [0.15, 0.2) is 0 Å². The van der Waals surface area contributed by atoms with Gasteiger partial charge in [-0.15, -0.1) is 0 Å². The standard InChI is InChI=1S/C11H24N2O3/c1-8(12)6-13-10(14)9(16-5)11(2,3)7-15-4/h8-9H,6-7,12H2,1-5H3,(H,13,14)/t8-,9?/m1/s1. The topological polar surface area (TPSA) is 73.6 Å². The Kier molecular flexibility index (Phi) is 6.55. The van der Waals surface area contributed by atoms with Crippen LogP contribution in [0.4, 0.5) is 0 Å². The van der Waals surface area contributed by atoms with Gasteiger partial charge in [0, 0.05) is 32.2 Å². The van der Waals surface area contributed by atoms with Crippen molar-refractivity contribution in [3.05, 3.63) is 0 Å².